The SMILES string of the molecule is COc1ccc(NC(=O)COc2ccccc2/C=C2\SC(=S)N(Cc3ccccc3)C2=O)cc1. The van der Waals surface area contributed by atoms with Crippen LogP contribution in [0.1, 0.15) is 11.1 Å². The first-order chi connectivity index (χ1) is 16.5. The standard InChI is InChI=1S/C26H22N2O4S2/c1-31-21-13-11-20(12-14-21)27-24(29)17-32-22-10-6-5-9-19(22)15-23-25(30)28(26(33)34-23)16-18-7-3-2-4-8-18/h2-15H,16-17H2,1H3,(H,27,29)/b23-15-. The molecule has 0 spiro atoms. The lowest BCUT2D eigenvalue weighted by atomic mass is 10.1. The summed E-state index contributed by atoms with van der Waals surface area (Å²) in [6.45, 7) is 0.248. The zero-order chi connectivity index (χ0) is 23.9. The van der Waals surface area contributed by atoms with Crippen LogP contribution in [-0.4, -0.2) is 34.8 Å². The van der Waals surface area contributed by atoms with Crippen molar-refractivity contribution in [1.29, 1.82) is 0 Å². The maximum atomic E-state index is 13.0. The van der Waals surface area contributed by atoms with Gasteiger partial charge in [-0.15, -0.1) is 0 Å². The molecule has 0 bridgehead atoms. The number of hydrogen-bond acceptors (Lipinski definition) is 6. The first-order valence-electron chi connectivity index (χ1n) is 10.5. The number of methoxy groups -OCH3 is 1. The van der Waals surface area contributed by atoms with Crippen molar-refractivity contribution in [3.63, 3.8) is 0 Å². The maximum Gasteiger partial charge on any atom is 0.266 e. The summed E-state index contributed by atoms with van der Waals surface area (Å²) in [6, 6.07) is 24.0. The molecule has 4 rings (SSSR count). The van der Waals surface area contributed by atoms with Crippen molar-refractivity contribution in [2.45, 2.75) is 6.54 Å². The van der Waals surface area contributed by atoms with E-state index in [4.69, 9.17) is 21.7 Å². The number of para-hydroxylation sites is 1. The number of thioether (sulfide) groups is 1. The van der Waals surface area contributed by atoms with Crippen molar-refractivity contribution >= 4 is 51.9 Å². The second-order valence-corrected chi connectivity index (χ2v) is 9.03. The lowest BCUT2D eigenvalue weighted by Crippen LogP contribution is -2.27. The minimum atomic E-state index is -0.297. The maximum absolute atomic E-state index is 13.0. The van der Waals surface area contributed by atoms with Crippen LogP contribution in [0.4, 0.5) is 5.69 Å². The van der Waals surface area contributed by atoms with Gasteiger partial charge in [-0.2, -0.15) is 0 Å². The number of nitrogens with one attached hydrogen (secondary N) is 1. The fourth-order valence-corrected chi connectivity index (χ4v) is 4.54. The fourth-order valence-electron chi connectivity index (χ4n) is 3.29. The van der Waals surface area contributed by atoms with Crippen LogP contribution in [0, 0.1) is 0 Å². The van der Waals surface area contributed by atoms with Crippen molar-refractivity contribution in [2.24, 2.45) is 0 Å². The molecule has 172 valence electrons. The van der Waals surface area contributed by atoms with E-state index in [1.807, 2.05) is 48.5 Å². The fraction of sp³-hybridized carbons (Fsp3) is 0.115. The quantitative estimate of drug-likeness (QED) is 0.349. The molecule has 6 nitrogen and oxygen atoms in total. The molecule has 0 aliphatic carbocycles. The third-order valence-corrected chi connectivity index (χ3v) is 6.37. The summed E-state index contributed by atoms with van der Waals surface area (Å²) in [7, 11) is 1.58. The van der Waals surface area contributed by atoms with Crippen LogP contribution >= 0.6 is 24.0 Å². The molecule has 34 heavy (non-hydrogen) atoms. The molecule has 1 aliphatic heterocycles. The molecule has 3 aromatic carbocycles. The summed E-state index contributed by atoms with van der Waals surface area (Å²) in [5.74, 6) is 0.762. The van der Waals surface area contributed by atoms with Gasteiger partial charge in [0.15, 0.2) is 6.61 Å². The summed E-state index contributed by atoms with van der Waals surface area (Å²) < 4.78 is 11.4. The van der Waals surface area contributed by atoms with E-state index < -0.39 is 0 Å². The molecule has 8 heteroatoms. The summed E-state index contributed by atoms with van der Waals surface area (Å²) in [6.07, 6.45) is 1.75. The molecule has 1 aliphatic rings. The molecule has 0 aromatic heterocycles. The largest absolute Gasteiger partial charge is 0.497 e. The Balaban J connectivity index is 1.42. The molecule has 1 fully saturated rings. The lowest BCUT2D eigenvalue weighted by molar-refractivity contribution is -0.122. The number of thiocarbonyl (C=S) groups is 1. The van der Waals surface area contributed by atoms with Crippen molar-refractivity contribution in [3.05, 3.63) is 94.9 Å². The first kappa shape index (κ1) is 23.5. The third-order valence-electron chi connectivity index (χ3n) is 5.00. The predicted octanol–water partition coefficient (Wildman–Crippen LogP) is 5.11. The second kappa shape index (κ2) is 11.0. The lowest BCUT2D eigenvalue weighted by Gasteiger charge is -2.14. The van der Waals surface area contributed by atoms with E-state index in [1.54, 1.807) is 48.4 Å². The number of carbonyl (C=O) groups is 2. The average molecular weight is 491 g/mol. The zero-order valence-corrected chi connectivity index (χ0v) is 20.0. The van der Waals surface area contributed by atoms with Crippen molar-refractivity contribution in [2.75, 3.05) is 19.0 Å². The predicted molar refractivity (Wildman–Crippen MR) is 139 cm³/mol. The topological polar surface area (TPSA) is 67.9 Å². The highest BCUT2D eigenvalue weighted by Crippen LogP contribution is 2.35. The molecule has 1 heterocycles. The number of amides is 2. The summed E-state index contributed by atoms with van der Waals surface area (Å²) in [5.41, 5.74) is 2.34. The molecule has 0 atom stereocenters. The minimum absolute atomic E-state index is 0.147. The van der Waals surface area contributed by atoms with Gasteiger partial charge >= 0.3 is 0 Å². The summed E-state index contributed by atoms with van der Waals surface area (Å²) in [5, 5.41) is 2.78. The zero-order valence-electron chi connectivity index (χ0n) is 18.4. The van der Waals surface area contributed by atoms with Crippen LogP contribution in [0.3, 0.4) is 0 Å². The van der Waals surface area contributed by atoms with Crippen molar-refractivity contribution in [1.82, 2.24) is 4.90 Å². The Morgan fingerprint density at radius 1 is 1.03 bits per heavy atom. The molecule has 0 radical (unpaired) electrons. The van der Waals surface area contributed by atoms with Gasteiger partial charge in [0.05, 0.1) is 18.6 Å². The molecule has 1 N–H and O–H groups in total. The van der Waals surface area contributed by atoms with E-state index in [0.29, 0.717) is 38.5 Å². The van der Waals surface area contributed by atoms with Gasteiger partial charge in [0.25, 0.3) is 11.8 Å². The molecule has 1 saturated heterocycles. The Bertz CT molecular complexity index is 1230. The van der Waals surface area contributed by atoms with Gasteiger partial charge in [-0.1, -0.05) is 72.5 Å². The number of nitrogens with zero attached hydrogens (tertiary/aromatic N) is 1. The Labute approximate surface area is 207 Å². The van der Waals surface area contributed by atoms with Gasteiger partial charge in [0.1, 0.15) is 15.8 Å². The van der Waals surface area contributed by atoms with E-state index in [-0.39, 0.29) is 18.4 Å². The Hall–Kier alpha value is -3.62. The number of hydrogen-bond donors (Lipinski definition) is 1. The summed E-state index contributed by atoms with van der Waals surface area (Å²) in [4.78, 5) is 27.4. The van der Waals surface area contributed by atoms with Crippen LogP contribution in [0.25, 0.3) is 6.08 Å². The molecular weight excluding hydrogens is 468 g/mol. The Kier molecular flexibility index (Phi) is 7.61. The van der Waals surface area contributed by atoms with Crippen LogP contribution in [0.15, 0.2) is 83.8 Å². The second-order valence-electron chi connectivity index (χ2n) is 7.36. The van der Waals surface area contributed by atoms with Gasteiger partial charge in [-0.05, 0) is 42.0 Å². The van der Waals surface area contributed by atoms with Gasteiger partial charge in [-0.3, -0.25) is 14.5 Å². The Morgan fingerprint density at radius 2 is 1.74 bits per heavy atom. The highest BCUT2D eigenvalue weighted by molar-refractivity contribution is 8.26. The highest BCUT2D eigenvalue weighted by atomic mass is 32.2. The number of benzene rings is 3. The normalized spacial score (nSPS) is 14.4. The van der Waals surface area contributed by atoms with E-state index >= 15 is 0 Å². The smallest absolute Gasteiger partial charge is 0.266 e. The van der Waals surface area contributed by atoms with Crippen molar-refractivity contribution in [3.8, 4) is 11.5 Å². The van der Waals surface area contributed by atoms with Crippen molar-refractivity contribution < 1.29 is 19.1 Å². The van der Waals surface area contributed by atoms with Gasteiger partial charge in [-0.25, -0.2) is 0 Å². The van der Waals surface area contributed by atoms with Crippen LogP contribution in [-0.2, 0) is 16.1 Å². The molecule has 0 saturated carbocycles. The summed E-state index contributed by atoms with van der Waals surface area (Å²) >= 11 is 6.70. The van der Waals surface area contributed by atoms with Gasteiger partial charge < -0.3 is 14.8 Å². The first-order valence-corrected chi connectivity index (χ1v) is 11.7. The highest BCUT2D eigenvalue weighted by Gasteiger charge is 2.32. The van der Waals surface area contributed by atoms with Gasteiger partial charge in [0, 0.05) is 11.3 Å². The molecule has 2 amide bonds. The number of rotatable bonds is 8. The molecule has 3 aromatic rings. The molecule has 0 unspecified atom stereocenters. The van der Waals surface area contributed by atoms with E-state index in [9.17, 15) is 9.59 Å². The number of ether oxygens (including phenoxy) is 2. The minimum Gasteiger partial charge on any atom is -0.497 e. The van der Waals surface area contributed by atoms with Crippen LogP contribution in [0.5, 0.6) is 11.5 Å². The van der Waals surface area contributed by atoms with E-state index in [1.165, 1.54) is 11.8 Å². The number of carbonyl (C=O) groups excluding carboxylic acids is 2. The monoisotopic (exact) mass is 490 g/mol. The van der Waals surface area contributed by atoms with Crippen LogP contribution < -0.4 is 14.8 Å². The number of anilines is 1. The van der Waals surface area contributed by atoms with Crippen LogP contribution in [0.2, 0.25) is 0 Å². The van der Waals surface area contributed by atoms with Gasteiger partial charge in [0.2, 0.25) is 0 Å². The third kappa shape index (κ3) is 5.84. The molecular formula is C26H22N2O4S2. The van der Waals surface area contributed by atoms with E-state index in [2.05, 4.69) is 5.32 Å². The Morgan fingerprint density at radius 3 is 2.47 bits per heavy atom. The van der Waals surface area contributed by atoms with E-state index in [0.717, 1.165) is 5.56 Å². The average Bonchev–Trinajstić information content (AvgIpc) is 3.12.